The van der Waals surface area contributed by atoms with Crippen LogP contribution >= 0.6 is 27.3 Å². The first kappa shape index (κ1) is 16.3. The second-order valence-corrected chi connectivity index (χ2v) is 7.19. The van der Waals surface area contributed by atoms with Gasteiger partial charge < -0.3 is 14.8 Å². The van der Waals surface area contributed by atoms with E-state index in [9.17, 15) is 0 Å². The maximum atomic E-state index is 5.98. The maximum Gasteiger partial charge on any atom is 0.128 e. The molecular weight excluding hydrogens is 350 g/mol. The van der Waals surface area contributed by atoms with Crippen LogP contribution in [-0.2, 0) is 13.2 Å². The van der Waals surface area contributed by atoms with Gasteiger partial charge in [-0.2, -0.15) is 0 Å². The van der Waals surface area contributed by atoms with Crippen LogP contribution in [0.15, 0.2) is 34.1 Å². The first-order chi connectivity index (χ1) is 10.2. The Bertz CT molecular complexity index is 571. The van der Waals surface area contributed by atoms with Crippen LogP contribution in [0.5, 0.6) is 11.5 Å². The molecule has 0 aliphatic heterocycles. The van der Waals surface area contributed by atoms with Crippen LogP contribution < -0.4 is 14.8 Å². The molecule has 1 aromatic carbocycles. The fraction of sp³-hybridized carbons (Fsp3) is 0.375. The summed E-state index contributed by atoms with van der Waals surface area (Å²) in [6.07, 6.45) is 1.12. The molecule has 21 heavy (non-hydrogen) atoms. The lowest BCUT2D eigenvalue weighted by molar-refractivity contribution is 0.303. The molecule has 1 heterocycles. The lowest BCUT2D eigenvalue weighted by atomic mass is 10.2. The number of hydrogen-bond acceptors (Lipinski definition) is 4. The van der Waals surface area contributed by atoms with Gasteiger partial charge in [-0.05, 0) is 47.1 Å². The number of ether oxygens (including phenoxy) is 2. The Morgan fingerprint density at radius 3 is 2.76 bits per heavy atom. The van der Waals surface area contributed by atoms with Crippen molar-refractivity contribution >= 4 is 27.3 Å². The first-order valence-electron chi connectivity index (χ1n) is 6.97. The Kier molecular flexibility index (Phi) is 6.54. The minimum Gasteiger partial charge on any atom is -0.497 e. The van der Waals surface area contributed by atoms with Crippen molar-refractivity contribution in [3.05, 3.63) is 44.6 Å². The van der Waals surface area contributed by atoms with E-state index in [-0.39, 0.29) is 0 Å². The van der Waals surface area contributed by atoms with Gasteiger partial charge in [-0.25, -0.2) is 0 Å². The fourth-order valence-corrected chi connectivity index (χ4v) is 3.32. The summed E-state index contributed by atoms with van der Waals surface area (Å²) in [5.41, 5.74) is 1.15. The summed E-state index contributed by atoms with van der Waals surface area (Å²) in [6.45, 7) is 4.54. The molecular formula is C16H20BrNO2S. The van der Waals surface area contributed by atoms with Crippen molar-refractivity contribution in [1.82, 2.24) is 5.32 Å². The molecule has 3 nitrogen and oxygen atoms in total. The summed E-state index contributed by atoms with van der Waals surface area (Å²) in [4.78, 5) is 1.19. The summed E-state index contributed by atoms with van der Waals surface area (Å²) in [7, 11) is 1.67. The number of methoxy groups -OCH3 is 1. The molecule has 0 amide bonds. The molecule has 0 radical (unpaired) electrons. The highest BCUT2D eigenvalue weighted by Gasteiger charge is 2.07. The summed E-state index contributed by atoms with van der Waals surface area (Å²) in [5.74, 6) is 1.69. The van der Waals surface area contributed by atoms with Crippen LogP contribution in [0.1, 0.15) is 23.8 Å². The van der Waals surface area contributed by atoms with Crippen molar-refractivity contribution in [1.29, 1.82) is 0 Å². The zero-order valence-corrected chi connectivity index (χ0v) is 14.7. The molecule has 0 atom stereocenters. The Balaban J connectivity index is 2.06. The van der Waals surface area contributed by atoms with E-state index in [0.717, 1.165) is 40.4 Å². The van der Waals surface area contributed by atoms with Crippen LogP contribution in [0, 0.1) is 0 Å². The number of halogens is 1. The Morgan fingerprint density at radius 1 is 1.24 bits per heavy atom. The smallest absolute Gasteiger partial charge is 0.128 e. The predicted octanol–water partition coefficient (Wildman–Crippen LogP) is 4.60. The molecule has 0 aliphatic carbocycles. The van der Waals surface area contributed by atoms with Gasteiger partial charge in [0, 0.05) is 23.1 Å². The van der Waals surface area contributed by atoms with Crippen LogP contribution in [0.25, 0.3) is 0 Å². The van der Waals surface area contributed by atoms with Crippen molar-refractivity contribution in [2.45, 2.75) is 26.5 Å². The molecule has 1 aromatic heterocycles. The summed E-state index contributed by atoms with van der Waals surface area (Å²) in [6, 6.07) is 10.1. The standard InChI is InChI=1S/C16H20BrNO2S/c1-3-8-18-10-12-4-5-13(19-2)9-15(12)20-11-14-6-7-16(17)21-14/h4-7,9,18H,3,8,10-11H2,1-2H3. The van der Waals surface area contributed by atoms with Gasteiger partial charge >= 0.3 is 0 Å². The molecule has 0 fully saturated rings. The Labute approximate surface area is 138 Å². The van der Waals surface area contributed by atoms with E-state index in [1.807, 2.05) is 18.2 Å². The molecule has 0 saturated carbocycles. The molecule has 0 aliphatic rings. The number of thiophene rings is 1. The molecule has 1 N–H and O–H groups in total. The second kappa shape index (κ2) is 8.41. The highest BCUT2D eigenvalue weighted by atomic mass is 79.9. The second-order valence-electron chi connectivity index (χ2n) is 4.64. The number of nitrogens with one attached hydrogen (secondary N) is 1. The Morgan fingerprint density at radius 2 is 2.10 bits per heavy atom. The van der Waals surface area contributed by atoms with Gasteiger partial charge in [-0.1, -0.05) is 13.0 Å². The maximum absolute atomic E-state index is 5.98. The molecule has 0 saturated heterocycles. The van der Waals surface area contributed by atoms with Crippen LogP contribution in [-0.4, -0.2) is 13.7 Å². The van der Waals surface area contributed by atoms with Crippen molar-refractivity contribution in [2.24, 2.45) is 0 Å². The zero-order valence-electron chi connectivity index (χ0n) is 12.3. The van der Waals surface area contributed by atoms with Crippen molar-refractivity contribution in [3.63, 3.8) is 0 Å². The summed E-state index contributed by atoms with van der Waals surface area (Å²) >= 11 is 5.16. The highest BCUT2D eigenvalue weighted by molar-refractivity contribution is 9.11. The molecule has 0 bridgehead atoms. The summed E-state index contributed by atoms with van der Waals surface area (Å²) < 4.78 is 12.4. The van der Waals surface area contributed by atoms with Crippen molar-refractivity contribution in [3.8, 4) is 11.5 Å². The number of rotatable bonds is 8. The third-order valence-electron chi connectivity index (χ3n) is 3.02. The summed E-state index contributed by atoms with van der Waals surface area (Å²) in [5, 5.41) is 3.41. The molecule has 2 rings (SSSR count). The predicted molar refractivity (Wildman–Crippen MR) is 91.3 cm³/mol. The lowest BCUT2D eigenvalue weighted by Gasteiger charge is -2.13. The molecule has 2 aromatic rings. The monoisotopic (exact) mass is 369 g/mol. The lowest BCUT2D eigenvalue weighted by Crippen LogP contribution is -2.14. The van der Waals surface area contributed by atoms with Gasteiger partial charge in [0.15, 0.2) is 0 Å². The number of hydrogen-bond donors (Lipinski definition) is 1. The molecule has 0 unspecified atom stereocenters. The number of benzene rings is 1. The minimum atomic E-state index is 0.574. The largest absolute Gasteiger partial charge is 0.497 e. The van der Waals surface area contributed by atoms with Gasteiger partial charge in [0.05, 0.1) is 10.9 Å². The molecule has 5 heteroatoms. The van der Waals surface area contributed by atoms with E-state index in [1.165, 1.54) is 4.88 Å². The van der Waals surface area contributed by atoms with Gasteiger partial charge in [0.1, 0.15) is 18.1 Å². The normalized spacial score (nSPS) is 10.6. The van der Waals surface area contributed by atoms with E-state index in [4.69, 9.17) is 9.47 Å². The highest BCUT2D eigenvalue weighted by Crippen LogP contribution is 2.28. The van der Waals surface area contributed by atoms with E-state index in [2.05, 4.69) is 40.3 Å². The quantitative estimate of drug-likeness (QED) is 0.689. The van der Waals surface area contributed by atoms with Crippen LogP contribution in [0.2, 0.25) is 0 Å². The van der Waals surface area contributed by atoms with E-state index < -0.39 is 0 Å². The first-order valence-corrected chi connectivity index (χ1v) is 8.58. The van der Waals surface area contributed by atoms with Crippen molar-refractivity contribution < 1.29 is 9.47 Å². The third-order valence-corrected chi connectivity index (χ3v) is 4.61. The average Bonchev–Trinajstić information content (AvgIpc) is 2.92. The SMILES string of the molecule is CCCNCc1ccc(OC)cc1OCc1ccc(Br)s1. The molecule has 114 valence electrons. The third kappa shape index (κ3) is 5.02. The zero-order chi connectivity index (χ0) is 15.1. The average molecular weight is 370 g/mol. The van der Waals surface area contributed by atoms with Gasteiger partial charge in [-0.3, -0.25) is 0 Å². The van der Waals surface area contributed by atoms with Crippen LogP contribution in [0.4, 0.5) is 0 Å². The van der Waals surface area contributed by atoms with Crippen LogP contribution in [0.3, 0.4) is 0 Å². The minimum absolute atomic E-state index is 0.574. The topological polar surface area (TPSA) is 30.5 Å². The fourth-order valence-electron chi connectivity index (χ4n) is 1.92. The van der Waals surface area contributed by atoms with Crippen molar-refractivity contribution in [2.75, 3.05) is 13.7 Å². The van der Waals surface area contributed by atoms with E-state index in [0.29, 0.717) is 6.61 Å². The Hall–Kier alpha value is -1.04. The van der Waals surface area contributed by atoms with Gasteiger partial charge in [-0.15, -0.1) is 11.3 Å². The molecule has 0 spiro atoms. The van der Waals surface area contributed by atoms with Gasteiger partial charge in [0.2, 0.25) is 0 Å². The van der Waals surface area contributed by atoms with Gasteiger partial charge in [0.25, 0.3) is 0 Å². The van der Waals surface area contributed by atoms with E-state index >= 15 is 0 Å². The van der Waals surface area contributed by atoms with E-state index in [1.54, 1.807) is 18.4 Å².